The maximum atomic E-state index is 4.26. The summed E-state index contributed by atoms with van der Waals surface area (Å²) in [7, 11) is 0.275. The van der Waals surface area contributed by atoms with Crippen molar-refractivity contribution in [2.45, 2.75) is 19.3 Å². The Morgan fingerprint density at radius 2 is 0.923 bits per heavy atom. The van der Waals surface area contributed by atoms with Gasteiger partial charge >= 0.3 is 0 Å². The molecule has 0 radical (unpaired) electrons. The van der Waals surface area contributed by atoms with Crippen LogP contribution in [-0.2, 0) is 0 Å². The van der Waals surface area contributed by atoms with Crippen LogP contribution in [0.25, 0.3) is 0 Å². The van der Waals surface area contributed by atoms with Crippen LogP contribution in [0.2, 0.25) is 0 Å². The first-order valence-electron chi connectivity index (χ1n) is 4.90. The van der Waals surface area contributed by atoms with E-state index in [0.717, 1.165) is 17.3 Å². The van der Waals surface area contributed by atoms with E-state index in [0.29, 0.717) is 0 Å². The van der Waals surface area contributed by atoms with Gasteiger partial charge in [-0.15, -0.1) is 0 Å². The summed E-state index contributed by atoms with van der Waals surface area (Å²) in [6.45, 7) is 0. The van der Waals surface area contributed by atoms with Crippen molar-refractivity contribution >= 4 is 48.8 Å². The van der Waals surface area contributed by atoms with Crippen LogP contribution in [0.4, 0.5) is 0 Å². The fourth-order valence-electron chi connectivity index (χ4n) is 1.22. The third-order valence-electron chi connectivity index (χ3n) is 1.90. The van der Waals surface area contributed by atoms with Gasteiger partial charge in [-0.05, 0) is 53.8 Å². The van der Waals surface area contributed by atoms with E-state index in [9.17, 15) is 0 Å². The lowest BCUT2D eigenvalue weighted by atomic mass is 10.5. The summed E-state index contributed by atoms with van der Waals surface area (Å²) in [6, 6.07) is 0. The molecule has 0 spiro atoms. The van der Waals surface area contributed by atoms with Crippen LogP contribution < -0.4 is 0 Å². The summed E-state index contributed by atoms with van der Waals surface area (Å²) in [5, 5.41) is 0. The highest BCUT2D eigenvalue weighted by atomic mass is 32.2. The molecule has 0 aliphatic carbocycles. The molecule has 0 amide bonds. The van der Waals surface area contributed by atoms with E-state index < -0.39 is 0 Å². The predicted octanol–water partition coefficient (Wildman–Crippen LogP) is 2.95. The summed E-state index contributed by atoms with van der Waals surface area (Å²) in [6.07, 6.45) is 3.86. The fourth-order valence-corrected chi connectivity index (χ4v) is 4.93. The van der Waals surface area contributed by atoms with E-state index in [2.05, 4.69) is 37.9 Å². The van der Waals surface area contributed by atoms with Gasteiger partial charge in [-0.2, -0.15) is 37.9 Å². The Balaban J connectivity index is 3.47. The van der Waals surface area contributed by atoms with Crippen LogP contribution >= 0.6 is 48.8 Å². The van der Waals surface area contributed by atoms with Gasteiger partial charge in [-0.25, -0.2) is 0 Å². The first-order valence-corrected chi connectivity index (χ1v) is 8.69. The third kappa shape index (κ3) is 9.70. The summed E-state index contributed by atoms with van der Waals surface area (Å²) in [5.41, 5.74) is 0. The highest BCUT2D eigenvalue weighted by Gasteiger charge is 2.02. The van der Waals surface area contributed by atoms with Crippen LogP contribution in [0.1, 0.15) is 19.3 Å². The lowest BCUT2D eigenvalue weighted by Gasteiger charge is -2.20. The van der Waals surface area contributed by atoms with Crippen molar-refractivity contribution in [1.82, 2.24) is 0 Å². The van der Waals surface area contributed by atoms with Gasteiger partial charge in [-0.3, -0.25) is 10.9 Å². The number of rotatable bonds is 9. The lowest BCUT2D eigenvalue weighted by molar-refractivity contribution is 1.05. The molecule has 0 unspecified atom stereocenters. The second-order valence-electron chi connectivity index (χ2n) is 3.07. The van der Waals surface area contributed by atoms with Gasteiger partial charge in [0, 0.05) is 0 Å². The number of hydrogen-bond donors (Lipinski definition) is 4. The van der Waals surface area contributed by atoms with Gasteiger partial charge in [0.05, 0.1) is 0 Å². The Morgan fingerprint density at radius 3 is 1.15 bits per heavy atom. The van der Waals surface area contributed by atoms with E-state index >= 15 is 0 Å². The Morgan fingerprint density at radius 1 is 0.615 bits per heavy atom. The Labute approximate surface area is 102 Å². The highest BCUT2D eigenvalue weighted by Crippen LogP contribution is 2.28. The van der Waals surface area contributed by atoms with Crippen LogP contribution in [-0.4, -0.2) is 34.5 Å². The second-order valence-corrected chi connectivity index (χ2v) is 7.10. The quantitative estimate of drug-likeness (QED) is 0.449. The zero-order chi connectivity index (χ0) is 9.94. The van der Waals surface area contributed by atoms with Gasteiger partial charge in [0.25, 0.3) is 0 Å². The molecule has 0 fully saturated rings. The van der Waals surface area contributed by atoms with E-state index in [1.54, 1.807) is 0 Å². The van der Waals surface area contributed by atoms with E-state index in [1.165, 1.54) is 36.5 Å². The molecule has 0 rings (SSSR count). The number of thiol groups is 4. The summed E-state index contributed by atoms with van der Waals surface area (Å²) in [5.74, 6) is 7.34. The van der Waals surface area contributed by atoms with E-state index in [1.807, 2.05) is 0 Å². The molecular formula is C9H22S4. The Bertz CT molecular complexity index is 78.6. The minimum Gasteiger partial charge on any atom is -0.253 e. The molecule has 0 nitrogen and oxygen atoms in total. The Kier molecular flexibility index (Phi) is 12.7. The van der Waals surface area contributed by atoms with Crippen LogP contribution in [0.5, 0.6) is 0 Å². The fraction of sp³-hybridized carbons (Fsp3) is 1.00. The van der Waals surface area contributed by atoms with Crippen molar-refractivity contribution in [2.75, 3.05) is 34.5 Å². The van der Waals surface area contributed by atoms with Gasteiger partial charge in [0.1, 0.15) is 0 Å². The van der Waals surface area contributed by atoms with E-state index in [4.69, 9.17) is 0 Å². The molecule has 13 heavy (non-hydrogen) atoms. The highest BCUT2D eigenvalue weighted by molar-refractivity contribution is 8.17. The monoisotopic (exact) mass is 258 g/mol. The molecule has 4 heteroatoms. The average Bonchev–Trinajstić information content (AvgIpc) is 2.17. The van der Waals surface area contributed by atoms with Crippen molar-refractivity contribution in [3.63, 3.8) is 0 Å². The lowest BCUT2D eigenvalue weighted by Crippen LogP contribution is -2.01. The van der Waals surface area contributed by atoms with Crippen molar-refractivity contribution in [1.29, 1.82) is 0 Å². The molecule has 0 aromatic rings. The number of hydrogen-bond acceptors (Lipinski definition) is 3. The smallest absolute Gasteiger partial charge is 0.00907 e. The second kappa shape index (κ2) is 11.5. The van der Waals surface area contributed by atoms with Crippen LogP contribution in [0.3, 0.4) is 0 Å². The molecule has 0 aromatic heterocycles. The van der Waals surface area contributed by atoms with Crippen molar-refractivity contribution in [3.05, 3.63) is 0 Å². The molecule has 0 N–H and O–H groups in total. The van der Waals surface area contributed by atoms with Crippen molar-refractivity contribution in [2.24, 2.45) is 0 Å². The summed E-state index contributed by atoms with van der Waals surface area (Å²) in [4.78, 5) is 0. The zero-order valence-electron chi connectivity index (χ0n) is 8.15. The first kappa shape index (κ1) is 14.4. The zero-order valence-corrected chi connectivity index (χ0v) is 11.7. The van der Waals surface area contributed by atoms with Gasteiger partial charge in [0.15, 0.2) is 0 Å². The minimum atomic E-state index is 0.275. The predicted molar refractivity (Wildman–Crippen MR) is 79.0 cm³/mol. The molecule has 0 saturated heterocycles. The molecule has 0 aliphatic rings. The molecule has 0 bridgehead atoms. The third-order valence-corrected chi connectivity index (χ3v) is 5.69. The maximum Gasteiger partial charge on any atom is -0.00907 e. The topological polar surface area (TPSA) is 0 Å². The standard InChI is InChI=1S/C9H22S4/c10-4-1-7-13(8-2-5-11)9-3-6-12/h10-13H,1-9H2. The largest absolute Gasteiger partial charge is 0.253 e. The van der Waals surface area contributed by atoms with Crippen LogP contribution in [0.15, 0.2) is 0 Å². The Hall–Kier alpha value is 1.40. The minimum absolute atomic E-state index is 0.275. The van der Waals surface area contributed by atoms with Gasteiger partial charge < -0.3 is 0 Å². The molecule has 0 saturated carbocycles. The normalized spacial score (nSPS) is 11.8. The van der Waals surface area contributed by atoms with Gasteiger partial charge in [0.2, 0.25) is 0 Å². The van der Waals surface area contributed by atoms with E-state index in [-0.39, 0.29) is 10.9 Å². The molecule has 0 aliphatic heterocycles. The molecule has 82 valence electrons. The first-order chi connectivity index (χ1) is 6.35. The summed E-state index contributed by atoms with van der Waals surface area (Å²) < 4.78 is 0. The van der Waals surface area contributed by atoms with Crippen LogP contribution in [0, 0.1) is 0 Å². The molecular weight excluding hydrogens is 236 g/mol. The van der Waals surface area contributed by atoms with Crippen molar-refractivity contribution in [3.8, 4) is 0 Å². The van der Waals surface area contributed by atoms with Gasteiger partial charge in [-0.1, -0.05) is 0 Å². The average molecular weight is 259 g/mol. The molecule has 0 atom stereocenters. The molecule has 0 heterocycles. The summed E-state index contributed by atoms with van der Waals surface area (Å²) >= 11 is 12.8. The molecule has 0 aromatic carbocycles. The maximum absolute atomic E-state index is 4.26. The SMILES string of the molecule is SCCC[SH](CCCS)CCCS. The van der Waals surface area contributed by atoms with Crippen molar-refractivity contribution < 1.29 is 0 Å².